The van der Waals surface area contributed by atoms with Crippen molar-refractivity contribution in [1.29, 1.82) is 0 Å². The van der Waals surface area contributed by atoms with Crippen LogP contribution in [0.25, 0.3) is 10.9 Å². The van der Waals surface area contributed by atoms with Gasteiger partial charge in [-0.1, -0.05) is 25.1 Å². The van der Waals surface area contributed by atoms with Crippen LogP contribution in [0.15, 0.2) is 24.3 Å². The minimum absolute atomic E-state index is 0.0988. The van der Waals surface area contributed by atoms with Gasteiger partial charge in [0.2, 0.25) is 0 Å². The number of carbonyl (C=O) groups excluding carboxylic acids is 1. The molecule has 3 heterocycles. The fourth-order valence-electron chi connectivity index (χ4n) is 3.97. The number of amides is 1. The van der Waals surface area contributed by atoms with Crippen molar-refractivity contribution in [3.8, 4) is 0 Å². The maximum atomic E-state index is 13.0. The van der Waals surface area contributed by atoms with E-state index in [-0.39, 0.29) is 24.0 Å². The third-order valence-corrected chi connectivity index (χ3v) is 5.80. The molecule has 1 aromatic heterocycles. The second-order valence-electron chi connectivity index (χ2n) is 6.61. The molecule has 1 N–H and O–H groups in total. The van der Waals surface area contributed by atoms with Crippen LogP contribution in [0.1, 0.15) is 44.5 Å². The third kappa shape index (κ3) is 1.89. The Morgan fingerprint density at radius 1 is 1.39 bits per heavy atom. The summed E-state index contributed by atoms with van der Waals surface area (Å²) in [4.78, 5) is 20.4. The van der Waals surface area contributed by atoms with Gasteiger partial charge >= 0.3 is 0 Å². The lowest BCUT2D eigenvalue weighted by Gasteiger charge is -2.35. The highest BCUT2D eigenvalue weighted by Crippen LogP contribution is 2.41. The zero-order chi connectivity index (χ0) is 16.3. The molecular formula is C18H21N3OS. The van der Waals surface area contributed by atoms with Crippen molar-refractivity contribution >= 4 is 34.1 Å². The molecule has 0 radical (unpaired) electrons. The van der Waals surface area contributed by atoms with E-state index in [4.69, 9.17) is 12.2 Å². The number of nitrogens with zero attached hydrogens (tertiary/aromatic N) is 2. The van der Waals surface area contributed by atoms with E-state index in [2.05, 4.69) is 48.9 Å². The summed E-state index contributed by atoms with van der Waals surface area (Å²) in [6.07, 6.45) is 1.64. The minimum atomic E-state index is -0.154. The monoisotopic (exact) mass is 327 g/mol. The number of H-pyrrole nitrogens is 1. The third-order valence-electron chi connectivity index (χ3n) is 5.40. The largest absolute Gasteiger partial charge is 0.356 e. The number of rotatable bonds is 2. The summed E-state index contributed by atoms with van der Waals surface area (Å²) in [5.41, 5.74) is 3.61. The van der Waals surface area contributed by atoms with Gasteiger partial charge in [0, 0.05) is 29.1 Å². The topological polar surface area (TPSA) is 39.3 Å². The molecule has 0 unspecified atom stereocenters. The first-order chi connectivity index (χ1) is 11.0. The van der Waals surface area contributed by atoms with Crippen LogP contribution in [-0.4, -0.2) is 37.9 Å². The molecular weight excluding hydrogens is 306 g/mol. The summed E-state index contributed by atoms with van der Waals surface area (Å²) < 4.78 is 0. The first-order valence-electron chi connectivity index (χ1n) is 8.29. The van der Waals surface area contributed by atoms with Crippen LogP contribution in [0.5, 0.6) is 0 Å². The Hall–Kier alpha value is -1.88. The molecule has 120 valence electrons. The Bertz CT molecular complexity index is 812. The number of thiocarbonyl (C=S) groups is 1. The second-order valence-corrected chi connectivity index (χ2v) is 6.98. The number of para-hydroxylation sites is 1. The quantitative estimate of drug-likeness (QED) is 0.860. The average molecular weight is 327 g/mol. The second kappa shape index (κ2) is 5.06. The van der Waals surface area contributed by atoms with Gasteiger partial charge in [-0.2, -0.15) is 0 Å². The van der Waals surface area contributed by atoms with Gasteiger partial charge in [-0.25, -0.2) is 0 Å². The summed E-state index contributed by atoms with van der Waals surface area (Å²) in [7, 11) is 0. The predicted molar refractivity (Wildman–Crippen MR) is 95.2 cm³/mol. The van der Waals surface area contributed by atoms with Gasteiger partial charge < -0.3 is 9.88 Å². The summed E-state index contributed by atoms with van der Waals surface area (Å²) in [5.74, 6) is 0.159. The average Bonchev–Trinajstić information content (AvgIpc) is 3.04. The van der Waals surface area contributed by atoms with E-state index in [1.807, 2.05) is 11.0 Å². The van der Waals surface area contributed by atoms with Crippen molar-refractivity contribution in [2.75, 3.05) is 0 Å². The van der Waals surface area contributed by atoms with Crippen molar-refractivity contribution in [3.05, 3.63) is 35.5 Å². The van der Waals surface area contributed by atoms with Crippen molar-refractivity contribution in [3.63, 3.8) is 0 Å². The molecule has 0 aliphatic carbocycles. The highest BCUT2D eigenvalue weighted by molar-refractivity contribution is 7.80. The lowest BCUT2D eigenvalue weighted by Crippen LogP contribution is -2.42. The van der Waals surface area contributed by atoms with Gasteiger partial charge in [-0.15, -0.1) is 0 Å². The lowest BCUT2D eigenvalue weighted by molar-refractivity contribution is -0.129. The summed E-state index contributed by atoms with van der Waals surface area (Å²) >= 11 is 5.66. The zero-order valence-corrected chi connectivity index (χ0v) is 14.5. The fraction of sp³-hybridized carbons (Fsp3) is 0.444. The molecule has 3 atom stereocenters. The smallest absolute Gasteiger partial charge is 0.252 e. The van der Waals surface area contributed by atoms with E-state index in [1.54, 1.807) is 0 Å². The molecule has 1 fully saturated rings. The Kier molecular flexibility index (Phi) is 3.23. The molecule has 0 spiro atoms. The van der Waals surface area contributed by atoms with Crippen LogP contribution in [0.2, 0.25) is 0 Å². The van der Waals surface area contributed by atoms with E-state index in [1.165, 1.54) is 16.6 Å². The maximum absolute atomic E-state index is 13.0. The van der Waals surface area contributed by atoms with Crippen LogP contribution >= 0.6 is 12.2 Å². The van der Waals surface area contributed by atoms with Crippen molar-refractivity contribution in [2.24, 2.45) is 0 Å². The number of hydrogen-bond donors (Lipinski definition) is 1. The maximum Gasteiger partial charge on any atom is 0.252 e. The molecule has 4 rings (SSSR count). The first-order valence-corrected chi connectivity index (χ1v) is 8.70. The van der Waals surface area contributed by atoms with Crippen molar-refractivity contribution in [1.82, 2.24) is 14.8 Å². The number of aromatic amines is 1. The van der Waals surface area contributed by atoms with Crippen LogP contribution in [-0.2, 0) is 11.2 Å². The minimum Gasteiger partial charge on any atom is -0.356 e. The Morgan fingerprint density at radius 3 is 2.87 bits per heavy atom. The van der Waals surface area contributed by atoms with E-state index in [9.17, 15) is 4.79 Å². The zero-order valence-electron chi connectivity index (χ0n) is 13.7. The molecule has 2 aromatic rings. The van der Waals surface area contributed by atoms with Crippen molar-refractivity contribution < 1.29 is 4.79 Å². The van der Waals surface area contributed by atoms with E-state index in [0.717, 1.165) is 18.4 Å². The van der Waals surface area contributed by atoms with Gasteiger partial charge in [0.1, 0.15) is 6.04 Å². The molecule has 5 heteroatoms. The number of benzene rings is 1. The highest BCUT2D eigenvalue weighted by atomic mass is 32.1. The Labute approximate surface area is 141 Å². The fourth-order valence-corrected chi connectivity index (χ4v) is 4.53. The normalized spacial score (nSPS) is 25.0. The van der Waals surface area contributed by atoms with Crippen LogP contribution in [0.3, 0.4) is 0 Å². The molecule has 23 heavy (non-hydrogen) atoms. The molecule has 2 aliphatic rings. The Morgan fingerprint density at radius 2 is 2.13 bits per heavy atom. The summed E-state index contributed by atoms with van der Waals surface area (Å²) in [6.45, 7) is 6.30. The van der Waals surface area contributed by atoms with E-state index < -0.39 is 0 Å². The van der Waals surface area contributed by atoms with Gasteiger partial charge in [0.05, 0.1) is 6.04 Å². The number of aromatic nitrogens is 1. The first kappa shape index (κ1) is 14.7. The SMILES string of the molecule is CC[C@@H](C)N1C(=O)[C@@H]2Cc3c([nH]c4ccccc34)[C@@H](C)N2C1=S. The molecule has 1 aromatic carbocycles. The molecule has 2 aliphatic heterocycles. The van der Waals surface area contributed by atoms with Gasteiger partial charge in [-0.3, -0.25) is 9.69 Å². The van der Waals surface area contributed by atoms with Crippen LogP contribution in [0, 0.1) is 0 Å². The highest BCUT2D eigenvalue weighted by Gasteiger charge is 2.49. The molecule has 0 saturated carbocycles. The lowest BCUT2D eigenvalue weighted by atomic mass is 9.93. The summed E-state index contributed by atoms with van der Waals surface area (Å²) in [5, 5.41) is 1.92. The van der Waals surface area contributed by atoms with E-state index >= 15 is 0 Å². The molecule has 1 amide bonds. The molecule has 1 saturated heterocycles. The van der Waals surface area contributed by atoms with Gasteiger partial charge in [-0.05, 0) is 44.1 Å². The van der Waals surface area contributed by atoms with Crippen LogP contribution in [0.4, 0.5) is 0 Å². The summed E-state index contributed by atoms with van der Waals surface area (Å²) in [6, 6.07) is 8.42. The number of hydrogen-bond acceptors (Lipinski definition) is 2. The van der Waals surface area contributed by atoms with Gasteiger partial charge in [0.25, 0.3) is 5.91 Å². The molecule has 4 nitrogen and oxygen atoms in total. The van der Waals surface area contributed by atoms with Crippen LogP contribution < -0.4 is 0 Å². The number of fused-ring (bicyclic) bond motifs is 4. The van der Waals surface area contributed by atoms with Crippen molar-refractivity contribution in [2.45, 2.75) is 51.7 Å². The predicted octanol–water partition coefficient (Wildman–Crippen LogP) is 3.38. The number of nitrogens with one attached hydrogen (secondary N) is 1. The Balaban J connectivity index is 1.81. The number of carbonyl (C=O) groups is 1. The molecule has 0 bridgehead atoms. The van der Waals surface area contributed by atoms with Gasteiger partial charge in [0.15, 0.2) is 5.11 Å². The standard InChI is InChI=1S/C18H21N3OS/c1-4-10(2)20-17(22)15-9-13-12-7-5-6-8-14(12)19-16(13)11(3)21(15)18(20)23/h5-8,10-11,15,19H,4,9H2,1-3H3/t10-,11-,15+/m1/s1. The van der Waals surface area contributed by atoms with E-state index in [0.29, 0.717) is 5.11 Å².